The van der Waals surface area contributed by atoms with E-state index in [4.69, 9.17) is 0 Å². The maximum atomic E-state index is 12.1. The molecule has 102 valence electrons. The van der Waals surface area contributed by atoms with E-state index in [-0.39, 0.29) is 29.2 Å². The van der Waals surface area contributed by atoms with Gasteiger partial charge in [0.25, 0.3) is 0 Å². The number of hydrogen-bond acceptors (Lipinski definition) is 4. The van der Waals surface area contributed by atoms with Crippen LogP contribution < -0.4 is 10.6 Å². The first-order chi connectivity index (χ1) is 8.53. The zero-order valence-electron chi connectivity index (χ0n) is 10.4. The van der Waals surface area contributed by atoms with E-state index in [0.29, 0.717) is 25.0 Å². The fourth-order valence-corrected chi connectivity index (χ4v) is 5.38. The predicted octanol–water partition coefficient (Wildman–Crippen LogP) is -0.322. The Bertz CT molecular complexity index is 448. The summed E-state index contributed by atoms with van der Waals surface area (Å²) in [6.07, 6.45) is 3.92. The summed E-state index contributed by atoms with van der Waals surface area (Å²) in [4.78, 5) is 12.1. The fourth-order valence-electron chi connectivity index (χ4n) is 3.52. The van der Waals surface area contributed by atoms with Crippen molar-refractivity contribution in [1.82, 2.24) is 10.6 Å². The van der Waals surface area contributed by atoms with Crippen molar-refractivity contribution in [2.45, 2.75) is 37.8 Å². The van der Waals surface area contributed by atoms with Crippen molar-refractivity contribution < 1.29 is 13.2 Å². The van der Waals surface area contributed by atoms with Crippen LogP contribution in [0.15, 0.2) is 0 Å². The number of fused-ring (bicyclic) bond motifs is 2. The zero-order chi connectivity index (χ0) is 12.8. The number of hydrogen-bond donors (Lipinski definition) is 2. The zero-order valence-corrected chi connectivity index (χ0v) is 11.2. The van der Waals surface area contributed by atoms with E-state index in [9.17, 15) is 13.2 Å². The molecular formula is C12H20N2O3S. The van der Waals surface area contributed by atoms with Gasteiger partial charge in [-0.3, -0.25) is 4.79 Å². The van der Waals surface area contributed by atoms with Crippen LogP contribution in [0.3, 0.4) is 0 Å². The minimum Gasteiger partial charge on any atom is -0.355 e. The van der Waals surface area contributed by atoms with E-state index in [0.717, 1.165) is 12.8 Å². The van der Waals surface area contributed by atoms with Crippen LogP contribution in [-0.4, -0.2) is 44.5 Å². The van der Waals surface area contributed by atoms with Crippen LogP contribution in [0.5, 0.6) is 0 Å². The van der Waals surface area contributed by atoms with Gasteiger partial charge in [-0.25, -0.2) is 8.42 Å². The van der Waals surface area contributed by atoms with Crippen LogP contribution in [0, 0.1) is 11.8 Å². The molecule has 0 aromatic heterocycles. The molecule has 0 radical (unpaired) electrons. The number of carbonyl (C=O) groups excluding carboxylic acids is 1. The standard InChI is InChI=1S/C12H20N2O3S/c15-12(10-5-9-1-2-11(10)14-9)13-6-8-3-4-18(16,17)7-8/h8-11,14H,1-7H2,(H,13,15). The normalized spacial score (nSPS) is 41.1. The molecule has 4 unspecified atom stereocenters. The van der Waals surface area contributed by atoms with E-state index < -0.39 is 9.84 Å². The maximum Gasteiger partial charge on any atom is 0.224 e. The van der Waals surface area contributed by atoms with Crippen LogP contribution in [0.25, 0.3) is 0 Å². The smallest absolute Gasteiger partial charge is 0.224 e. The lowest BCUT2D eigenvalue weighted by Gasteiger charge is -2.20. The molecule has 18 heavy (non-hydrogen) atoms. The molecule has 3 heterocycles. The first-order valence-corrected chi connectivity index (χ1v) is 8.60. The van der Waals surface area contributed by atoms with Gasteiger partial charge in [0.15, 0.2) is 9.84 Å². The van der Waals surface area contributed by atoms with Crippen molar-refractivity contribution in [3.63, 3.8) is 0 Å². The molecule has 2 N–H and O–H groups in total. The second kappa shape index (κ2) is 4.49. The summed E-state index contributed by atoms with van der Waals surface area (Å²) in [5.41, 5.74) is 0. The number of carbonyl (C=O) groups is 1. The molecule has 6 heteroatoms. The van der Waals surface area contributed by atoms with Crippen molar-refractivity contribution in [2.24, 2.45) is 11.8 Å². The first kappa shape index (κ1) is 12.4. The average Bonchev–Trinajstić information content (AvgIpc) is 3.00. The maximum absolute atomic E-state index is 12.1. The summed E-state index contributed by atoms with van der Waals surface area (Å²) in [5, 5.41) is 6.39. The van der Waals surface area contributed by atoms with Gasteiger partial charge in [-0.1, -0.05) is 0 Å². The van der Waals surface area contributed by atoms with E-state index in [1.165, 1.54) is 6.42 Å². The number of nitrogens with one attached hydrogen (secondary N) is 2. The molecule has 0 saturated carbocycles. The first-order valence-electron chi connectivity index (χ1n) is 6.78. The molecule has 4 atom stereocenters. The highest BCUT2D eigenvalue weighted by Crippen LogP contribution is 2.33. The Hall–Kier alpha value is -0.620. The van der Waals surface area contributed by atoms with Crippen LogP contribution in [0.1, 0.15) is 25.7 Å². The van der Waals surface area contributed by atoms with E-state index >= 15 is 0 Å². The van der Waals surface area contributed by atoms with Gasteiger partial charge >= 0.3 is 0 Å². The van der Waals surface area contributed by atoms with Gasteiger partial charge in [0.1, 0.15) is 0 Å². The molecule has 0 aliphatic carbocycles. The van der Waals surface area contributed by atoms with Gasteiger partial charge in [-0.05, 0) is 31.6 Å². The van der Waals surface area contributed by atoms with Crippen molar-refractivity contribution in [3.05, 3.63) is 0 Å². The average molecular weight is 272 g/mol. The quantitative estimate of drug-likeness (QED) is 0.738. The monoisotopic (exact) mass is 272 g/mol. The molecule has 5 nitrogen and oxygen atoms in total. The SMILES string of the molecule is O=C(NCC1CCS(=O)(=O)C1)C1CC2CCC1N2. The summed E-state index contributed by atoms with van der Waals surface area (Å²) in [7, 11) is -2.83. The topological polar surface area (TPSA) is 75.3 Å². The van der Waals surface area contributed by atoms with Crippen LogP contribution in [0.4, 0.5) is 0 Å². The molecular weight excluding hydrogens is 252 g/mol. The third kappa shape index (κ3) is 2.40. The predicted molar refractivity (Wildman–Crippen MR) is 67.8 cm³/mol. The minimum absolute atomic E-state index is 0.0989. The molecule has 0 aromatic carbocycles. The highest BCUT2D eigenvalue weighted by Gasteiger charge is 2.42. The van der Waals surface area contributed by atoms with Crippen LogP contribution in [-0.2, 0) is 14.6 Å². The van der Waals surface area contributed by atoms with Gasteiger partial charge in [0, 0.05) is 18.6 Å². The van der Waals surface area contributed by atoms with Gasteiger partial charge in [-0.15, -0.1) is 0 Å². The van der Waals surface area contributed by atoms with Gasteiger partial charge in [0.05, 0.1) is 17.4 Å². The molecule has 0 spiro atoms. The molecule has 1 amide bonds. The van der Waals surface area contributed by atoms with Crippen molar-refractivity contribution in [1.29, 1.82) is 0 Å². The molecule has 2 bridgehead atoms. The third-order valence-corrected chi connectivity index (χ3v) is 6.37. The number of amides is 1. The summed E-state index contributed by atoms with van der Waals surface area (Å²) in [6, 6.07) is 0.875. The Kier molecular flexibility index (Phi) is 3.10. The molecule has 3 rings (SSSR count). The van der Waals surface area contributed by atoms with Crippen LogP contribution in [0.2, 0.25) is 0 Å². The molecule has 3 aliphatic rings. The number of rotatable bonds is 3. The Balaban J connectivity index is 1.48. The lowest BCUT2D eigenvalue weighted by Crippen LogP contribution is -2.39. The van der Waals surface area contributed by atoms with E-state index in [1.54, 1.807) is 0 Å². The summed E-state index contributed by atoms with van der Waals surface area (Å²) in [6.45, 7) is 0.520. The van der Waals surface area contributed by atoms with Gasteiger partial charge < -0.3 is 10.6 Å². The third-order valence-electron chi connectivity index (χ3n) is 4.53. The number of sulfone groups is 1. The Morgan fingerprint density at radius 3 is 2.67 bits per heavy atom. The fraction of sp³-hybridized carbons (Fsp3) is 0.917. The molecule has 3 saturated heterocycles. The van der Waals surface area contributed by atoms with E-state index in [1.807, 2.05) is 0 Å². The van der Waals surface area contributed by atoms with Gasteiger partial charge in [0.2, 0.25) is 5.91 Å². The lowest BCUT2D eigenvalue weighted by atomic mass is 9.88. The Morgan fingerprint density at radius 1 is 1.28 bits per heavy atom. The molecule has 3 aliphatic heterocycles. The minimum atomic E-state index is -2.83. The highest BCUT2D eigenvalue weighted by molar-refractivity contribution is 7.91. The lowest BCUT2D eigenvalue weighted by molar-refractivity contribution is -0.125. The van der Waals surface area contributed by atoms with Crippen molar-refractivity contribution in [3.8, 4) is 0 Å². The van der Waals surface area contributed by atoms with Crippen molar-refractivity contribution >= 4 is 15.7 Å². The van der Waals surface area contributed by atoms with E-state index in [2.05, 4.69) is 10.6 Å². The second-order valence-electron chi connectivity index (χ2n) is 5.90. The highest BCUT2D eigenvalue weighted by atomic mass is 32.2. The van der Waals surface area contributed by atoms with Gasteiger partial charge in [-0.2, -0.15) is 0 Å². The second-order valence-corrected chi connectivity index (χ2v) is 8.13. The summed E-state index contributed by atoms with van der Waals surface area (Å²) < 4.78 is 22.6. The van der Waals surface area contributed by atoms with Crippen LogP contribution >= 0.6 is 0 Å². The Labute approximate surface area is 108 Å². The van der Waals surface area contributed by atoms with Crippen molar-refractivity contribution in [2.75, 3.05) is 18.1 Å². The Morgan fingerprint density at radius 2 is 2.11 bits per heavy atom. The molecule has 0 aromatic rings. The largest absolute Gasteiger partial charge is 0.355 e. The summed E-state index contributed by atoms with van der Waals surface area (Å²) >= 11 is 0. The summed E-state index contributed by atoms with van der Waals surface area (Å²) in [5.74, 6) is 0.845. The molecule has 3 fully saturated rings.